The van der Waals surface area contributed by atoms with Gasteiger partial charge < -0.3 is 4.74 Å². The first-order valence-electron chi connectivity index (χ1n) is 6.35. The van der Waals surface area contributed by atoms with Crippen LogP contribution >= 0.6 is 0 Å². The van der Waals surface area contributed by atoms with Gasteiger partial charge in [0, 0.05) is 8.80 Å². The van der Waals surface area contributed by atoms with Crippen molar-refractivity contribution < 1.29 is 4.74 Å². The highest BCUT2D eigenvalue weighted by Crippen LogP contribution is 2.03. The molecule has 0 aliphatic carbocycles. The van der Waals surface area contributed by atoms with Gasteiger partial charge in [-0.1, -0.05) is 43.4 Å². The first-order chi connectivity index (χ1) is 8.63. The van der Waals surface area contributed by atoms with Gasteiger partial charge in [0.2, 0.25) is 0 Å². The summed E-state index contributed by atoms with van der Waals surface area (Å²) in [5.74, 6) is 0. The van der Waals surface area contributed by atoms with E-state index in [0.29, 0.717) is 13.2 Å². The number of benzene rings is 1. The van der Waals surface area contributed by atoms with Gasteiger partial charge in [-0.15, -0.1) is 0 Å². The van der Waals surface area contributed by atoms with Crippen molar-refractivity contribution in [2.24, 2.45) is 0 Å². The van der Waals surface area contributed by atoms with Gasteiger partial charge in [-0.3, -0.25) is 4.90 Å². The molecule has 0 spiro atoms. The lowest BCUT2D eigenvalue weighted by Gasteiger charge is -2.23. The highest BCUT2D eigenvalue weighted by Gasteiger charge is 2.15. The Balaban J connectivity index is 2.34. The monoisotopic (exact) mass is 262 g/mol. The fourth-order valence-corrected chi connectivity index (χ4v) is 3.24. The fraction of sp³-hybridized carbons (Fsp3) is 0.500. The molecule has 1 atom stereocenters. The van der Waals surface area contributed by atoms with E-state index in [2.05, 4.69) is 24.1 Å². The molecular formula is C14H22N2OSi. The van der Waals surface area contributed by atoms with E-state index in [1.165, 1.54) is 0 Å². The predicted octanol–water partition coefficient (Wildman–Crippen LogP) is 2.05. The maximum absolute atomic E-state index is 9.15. The molecule has 98 valence electrons. The molecule has 1 aromatic carbocycles. The average molecular weight is 262 g/mol. The Hall–Kier alpha value is -1.15. The van der Waals surface area contributed by atoms with Gasteiger partial charge in [-0.05, 0) is 18.8 Å². The van der Waals surface area contributed by atoms with Gasteiger partial charge >= 0.3 is 0 Å². The summed E-state index contributed by atoms with van der Waals surface area (Å²) in [6.07, 6.45) is 1.05. The summed E-state index contributed by atoms with van der Waals surface area (Å²) in [6.45, 7) is 5.63. The van der Waals surface area contributed by atoms with Gasteiger partial charge in [0.05, 0.1) is 19.3 Å². The first kappa shape index (κ1) is 14.9. The summed E-state index contributed by atoms with van der Waals surface area (Å²) < 4.78 is 5.63. The third-order valence-corrected chi connectivity index (χ3v) is 4.03. The number of ether oxygens (including phenoxy) is 1. The van der Waals surface area contributed by atoms with E-state index < -0.39 is 8.80 Å². The number of likely N-dealkylation sites (N-methyl/N-ethyl adjacent to an activating group) is 1. The highest BCUT2D eigenvalue weighted by atomic mass is 28.3. The number of nitriles is 1. The van der Waals surface area contributed by atoms with Crippen LogP contribution < -0.4 is 0 Å². The SMILES string of the molecule is CN(C[SiH](C)C)C(C#N)COCc1ccccc1. The molecule has 1 rings (SSSR count). The molecule has 0 saturated heterocycles. The second-order valence-corrected chi connectivity index (χ2v) is 8.13. The maximum Gasteiger partial charge on any atom is 0.121 e. The van der Waals surface area contributed by atoms with Crippen molar-refractivity contribution in [3.63, 3.8) is 0 Å². The van der Waals surface area contributed by atoms with Crippen molar-refractivity contribution in [1.29, 1.82) is 5.26 Å². The zero-order valence-corrected chi connectivity index (χ0v) is 12.6. The molecule has 1 unspecified atom stereocenters. The van der Waals surface area contributed by atoms with Gasteiger partial charge in [0.1, 0.15) is 6.04 Å². The van der Waals surface area contributed by atoms with Crippen LogP contribution in [0.3, 0.4) is 0 Å². The highest BCUT2D eigenvalue weighted by molar-refractivity contribution is 6.55. The Morgan fingerprint density at radius 1 is 1.33 bits per heavy atom. The van der Waals surface area contributed by atoms with Crippen LogP contribution in [0, 0.1) is 11.3 Å². The third-order valence-electron chi connectivity index (χ3n) is 2.72. The normalized spacial score (nSPS) is 12.7. The number of hydrogen-bond acceptors (Lipinski definition) is 3. The molecule has 0 N–H and O–H groups in total. The van der Waals surface area contributed by atoms with E-state index in [-0.39, 0.29) is 6.04 Å². The second-order valence-electron chi connectivity index (χ2n) is 4.98. The second kappa shape index (κ2) is 8.04. The minimum Gasteiger partial charge on any atom is -0.374 e. The van der Waals surface area contributed by atoms with Crippen LogP contribution in [0.25, 0.3) is 0 Å². The molecule has 0 aliphatic rings. The summed E-state index contributed by atoms with van der Waals surface area (Å²) in [6, 6.07) is 12.2. The lowest BCUT2D eigenvalue weighted by molar-refractivity contribution is 0.0837. The molecular weight excluding hydrogens is 240 g/mol. The Kier molecular flexibility index (Phi) is 6.66. The largest absolute Gasteiger partial charge is 0.374 e. The summed E-state index contributed by atoms with van der Waals surface area (Å²) in [4.78, 5) is 2.11. The topological polar surface area (TPSA) is 36.3 Å². The van der Waals surface area contributed by atoms with E-state index in [1.807, 2.05) is 37.4 Å². The molecule has 0 saturated carbocycles. The molecule has 0 aliphatic heterocycles. The van der Waals surface area contributed by atoms with Crippen LogP contribution in [0.1, 0.15) is 5.56 Å². The molecule has 0 bridgehead atoms. The van der Waals surface area contributed by atoms with Crippen LogP contribution in [0.2, 0.25) is 13.1 Å². The molecule has 0 radical (unpaired) electrons. The molecule has 3 nitrogen and oxygen atoms in total. The Bertz CT molecular complexity index is 375. The lowest BCUT2D eigenvalue weighted by Crippen LogP contribution is -2.39. The molecule has 1 aromatic rings. The minimum absolute atomic E-state index is 0.136. The van der Waals surface area contributed by atoms with Crippen LogP contribution in [0.4, 0.5) is 0 Å². The summed E-state index contributed by atoms with van der Waals surface area (Å²) >= 11 is 0. The lowest BCUT2D eigenvalue weighted by atomic mass is 10.2. The van der Waals surface area contributed by atoms with E-state index in [4.69, 9.17) is 10.00 Å². The number of hydrogen-bond donors (Lipinski definition) is 0. The molecule has 0 fully saturated rings. The van der Waals surface area contributed by atoms with Gasteiger partial charge in [-0.25, -0.2) is 0 Å². The Morgan fingerprint density at radius 3 is 2.56 bits per heavy atom. The van der Waals surface area contributed by atoms with Crippen LogP contribution in [-0.2, 0) is 11.3 Å². The smallest absolute Gasteiger partial charge is 0.121 e. The zero-order chi connectivity index (χ0) is 13.4. The number of nitrogens with zero attached hydrogens (tertiary/aromatic N) is 2. The summed E-state index contributed by atoms with van der Waals surface area (Å²) in [5.41, 5.74) is 1.15. The molecule has 18 heavy (non-hydrogen) atoms. The first-order valence-corrected chi connectivity index (χ1v) is 9.47. The maximum atomic E-state index is 9.15. The van der Waals surface area contributed by atoms with E-state index in [9.17, 15) is 0 Å². The number of rotatable bonds is 7. The van der Waals surface area contributed by atoms with Crippen molar-refractivity contribution in [3.05, 3.63) is 35.9 Å². The van der Waals surface area contributed by atoms with Crippen LogP contribution in [0.5, 0.6) is 0 Å². The summed E-state index contributed by atoms with van der Waals surface area (Å²) in [7, 11) is 1.33. The average Bonchev–Trinajstić information content (AvgIpc) is 2.35. The Labute approximate surface area is 112 Å². The van der Waals surface area contributed by atoms with Gasteiger partial charge in [0.15, 0.2) is 0 Å². The van der Waals surface area contributed by atoms with Crippen molar-refractivity contribution in [2.75, 3.05) is 19.8 Å². The van der Waals surface area contributed by atoms with Crippen LogP contribution in [-0.4, -0.2) is 39.6 Å². The van der Waals surface area contributed by atoms with Crippen LogP contribution in [0.15, 0.2) is 30.3 Å². The minimum atomic E-state index is -0.673. The zero-order valence-electron chi connectivity index (χ0n) is 11.5. The quantitative estimate of drug-likeness (QED) is 0.706. The van der Waals surface area contributed by atoms with E-state index in [0.717, 1.165) is 11.7 Å². The van der Waals surface area contributed by atoms with Gasteiger partial charge in [0.25, 0.3) is 0 Å². The molecule has 0 aromatic heterocycles. The molecule has 0 heterocycles. The predicted molar refractivity (Wildman–Crippen MR) is 77.0 cm³/mol. The molecule has 4 heteroatoms. The van der Waals surface area contributed by atoms with E-state index >= 15 is 0 Å². The third kappa shape index (κ3) is 5.45. The van der Waals surface area contributed by atoms with Crippen molar-refractivity contribution in [2.45, 2.75) is 25.7 Å². The fourth-order valence-electron chi connectivity index (χ4n) is 1.83. The Morgan fingerprint density at radius 2 is 2.00 bits per heavy atom. The van der Waals surface area contributed by atoms with Crippen molar-refractivity contribution >= 4 is 8.80 Å². The van der Waals surface area contributed by atoms with E-state index in [1.54, 1.807) is 0 Å². The standard InChI is InChI=1S/C14H22N2OSi/c1-16(12-18(2)3)14(9-15)11-17-10-13-7-5-4-6-8-13/h4-8,14,18H,10-12H2,1-3H3. The molecule has 0 amide bonds. The van der Waals surface area contributed by atoms with Crippen molar-refractivity contribution in [1.82, 2.24) is 4.90 Å². The summed E-state index contributed by atoms with van der Waals surface area (Å²) in [5, 5.41) is 9.15. The van der Waals surface area contributed by atoms with Gasteiger partial charge in [-0.2, -0.15) is 5.26 Å². The van der Waals surface area contributed by atoms with Crippen molar-refractivity contribution in [3.8, 4) is 6.07 Å².